The van der Waals surface area contributed by atoms with E-state index in [1.54, 1.807) is 18.5 Å². The van der Waals surface area contributed by atoms with Gasteiger partial charge in [-0.05, 0) is 25.1 Å². The number of benzene rings is 1. The highest BCUT2D eigenvalue weighted by Crippen LogP contribution is 2.34. The van der Waals surface area contributed by atoms with E-state index in [9.17, 15) is 4.79 Å². The van der Waals surface area contributed by atoms with Crippen LogP contribution < -0.4 is 10.6 Å². The number of aromatic nitrogens is 4. The van der Waals surface area contributed by atoms with Crippen molar-refractivity contribution in [3.63, 3.8) is 0 Å². The van der Waals surface area contributed by atoms with Crippen LogP contribution in [-0.4, -0.2) is 32.7 Å². The minimum absolute atomic E-state index is 0.324. The van der Waals surface area contributed by atoms with Crippen molar-refractivity contribution in [1.82, 2.24) is 25.5 Å². The second-order valence-corrected chi connectivity index (χ2v) is 6.61. The molecule has 8 nitrogen and oxygen atoms in total. The molecule has 4 aromatic rings. The number of rotatable bonds is 5. The van der Waals surface area contributed by atoms with E-state index >= 15 is 0 Å². The van der Waals surface area contributed by atoms with Gasteiger partial charge in [0, 0.05) is 35.4 Å². The third kappa shape index (κ3) is 3.74. The van der Waals surface area contributed by atoms with Crippen LogP contribution in [0.4, 0.5) is 10.6 Å². The van der Waals surface area contributed by atoms with E-state index < -0.39 is 0 Å². The van der Waals surface area contributed by atoms with Crippen LogP contribution in [0.2, 0.25) is 0 Å². The molecule has 0 bridgehead atoms. The Balaban J connectivity index is 1.75. The molecule has 9 heteroatoms. The second kappa shape index (κ2) is 7.97. The van der Waals surface area contributed by atoms with Crippen molar-refractivity contribution in [2.45, 2.75) is 6.92 Å². The molecule has 0 spiro atoms. The van der Waals surface area contributed by atoms with Gasteiger partial charge in [0.05, 0.1) is 5.56 Å². The van der Waals surface area contributed by atoms with Crippen LogP contribution in [-0.2, 0) is 0 Å². The Morgan fingerprint density at radius 2 is 1.93 bits per heavy atom. The van der Waals surface area contributed by atoms with Crippen LogP contribution in [0.3, 0.4) is 0 Å². The Morgan fingerprint density at radius 1 is 1.11 bits per heavy atom. The topological polar surface area (TPSA) is 106 Å². The third-order valence-electron chi connectivity index (χ3n) is 3.82. The zero-order chi connectivity index (χ0) is 19.3. The first-order valence-electron chi connectivity index (χ1n) is 8.58. The summed E-state index contributed by atoms with van der Waals surface area (Å²) in [5.41, 5.74) is 2.22. The molecule has 0 saturated heterocycles. The monoisotopic (exact) mass is 392 g/mol. The molecule has 3 aromatic heterocycles. The maximum absolute atomic E-state index is 11.8. The number of hydrogen-bond acceptors (Lipinski definition) is 7. The maximum Gasteiger partial charge on any atom is 0.320 e. The van der Waals surface area contributed by atoms with E-state index in [2.05, 4.69) is 30.8 Å². The Labute approximate surface area is 164 Å². The summed E-state index contributed by atoms with van der Waals surface area (Å²) in [6.07, 6.45) is 3.36. The quantitative estimate of drug-likeness (QED) is 0.530. The average Bonchev–Trinajstić information content (AvgIpc) is 3.41. The molecule has 4 rings (SSSR count). The van der Waals surface area contributed by atoms with E-state index in [0.29, 0.717) is 29.7 Å². The molecule has 0 atom stereocenters. The van der Waals surface area contributed by atoms with Gasteiger partial charge < -0.3 is 9.73 Å². The molecule has 140 valence electrons. The van der Waals surface area contributed by atoms with Crippen LogP contribution in [0.5, 0.6) is 0 Å². The van der Waals surface area contributed by atoms with Crippen molar-refractivity contribution in [2.24, 2.45) is 0 Å². The van der Waals surface area contributed by atoms with Gasteiger partial charge in [-0.15, -0.1) is 21.5 Å². The first-order valence-corrected chi connectivity index (χ1v) is 9.46. The number of carbonyl (C=O) groups is 1. The molecule has 0 fully saturated rings. The summed E-state index contributed by atoms with van der Waals surface area (Å²) in [5.74, 6) is 1.11. The lowest BCUT2D eigenvalue weighted by Gasteiger charge is -2.08. The van der Waals surface area contributed by atoms with Crippen molar-refractivity contribution >= 4 is 23.2 Å². The average molecular weight is 392 g/mol. The van der Waals surface area contributed by atoms with Gasteiger partial charge in [0.2, 0.25) is 11.8 Å². The van der Waals surface area contributed by atoms with Crippen molar-refractivity contribution in [3.8, 4) is 33.5 Å². The van der Waals surface area contributed by atoms with Crippen LogP contribution in [0.15, 0.2) is 58.6 Å². The molecule has 2 N–H and O–H groups in total. The summed E-state index contributed by atoms with van der Waals surface area (Å²) in [6, 6.07) is 10.9. The SMILES string of the molecule is CCNC(=O)Nc1cc(-c2nnc(-c3ccccc3)o2)c(-c2nccs2)cn1. The molecule has 0 saturated carbocycles. The fourth-order valence-corrected chi connectivity index (χ4v) is 3.24. The summed E-state index contributed by atoms with van der Waals surface area (Å²) in [5, 5.41) is 16.4. The zero-order valence-electron chi connectivity index (χ0n) is 14.9. The number of anilines is 1. The number of urea groups is 1. The smallest absolute Gasteiger partial charge is 0.320 e. The first-order chi connectivity index (χ1) is 13.7. The van der Waals surface area contributed by atoms with Gasteiger partial charge in [-0.1, -0.05) is 18.2 Å². The standard InChI is InChI=1S/C19H16N6O2S/c1-2-20-19(26)23-15-10-13(14(11-22-15)18-21-8-9-28-18)17-25-24-16(27-17)12-6-4-3-5-7-12/h3-11H,2H2,1H3,(H2,20,22,23,26). The number of thiazole rings is 1. The highest BCUT2D eigenvalue weighted by Gasteiger charge is 2.18. The van der Waals surface area contributed by atoms with Crippen molar-refractivity contribution < 1.29 is 9.21 Å². The molecule has 0 aliphatic carbocycles. The molecule has 0 radical (unpaired) electrons. The largest absolute Gasteiger partial charge is 0.416 e. The molecule has 0 unspecified atom stereocenters. The number of nitrogens with zero attached hydrogens (tertiary/aromatic N) is 4. The fourth-order valence-electron chi connectivity index (χ4n) is 2.58. The van der Waals surface area contributed by atoms with Gasteiger partial charge in [-0.3, -0.25) is 5.32 Å². The van der Waals surface area contributed by atoms with Gasteiger partial charge in [0.25, 0.3) is 0 Å². The molecule has 28 heavy (non-hydrogen) atoms. The van der Waals surface area contributed by atoms with Crippen LogP contribution in [0, 0.1) is 0 Å². The van der Waals surface area contributed by atoms with Crippen molar-refractivity contribution in [3.05, 3.63) is 54.2 Å². The lowest BCUT2D eigenvalue weighted by atomic mass is 10.1. The number of hydrogen-bond donors (Lipinski definition) is 2. The summed E-state index contributed by atoms with van der Waals surface area (Å²) < 4.78 is 5.90. The Morgan fingerprint density at radius 3 is 2.68 bits per heavy atom. The minimum Gasteiger partial charge on any atom is -0.416 e. The number of amides is 2. The van der Waals surface area contributed by atoms with Crippen LogP contribution in [0.25, 0.3) is 33.5 Å². The molecule has 2 amide bonds. The fraction of sp³-hybridized carbons (Fsp3) is 0.105. The predicted molar refractivity (Wildman–Crippen MR) is 107 cm³/mol. The minimum atomic E-state index is -0.335. The van der Waals surface area contributed by atoms with Crippen molar-refractivity contribution in [1.29, 1.82) is 0 Å². The summed E-state index contributed by atoms with van der Waals surface area (Å²) >= 11 is 1.48. The highest BCUT2D eigenvalue weighted by molar-refractivity contribution is 7.13. The Kier molecular flexibility index (Phi) is 5.07. The summed E-state index contributed by atoms with van der Waals surface area (Å²) in [6.45, 7) is 2.35. The van der Waals surface area contributed by atoms with Crippen LogP contribution in [0.1, 0.15) is 6.92 Å². The van der Waals surface area contributed by atoms with Gasteiger partial charge in [-0.25, -0.2) is 14.8 Å². The normalized spacial score (nSPS) is 10.6. The molecular weight excluding hydrogens is 376 g/mol. The molecule has 1 aromatic carbocycles. The molecule has 0 aliphatic heterocycles. The zero-order valence-corrected chi connectivity index (χ0v) is 15.7. The molecule has 3 heterocycles. The summed E-state index contributed by atoms with van der Waals surface area (Å²) in [7, 11) is 0. The number of pyridine rings is 1. The van der Waals surface area contributed by atoms with E-state index in [4.69, 9.17) is 4.42 Å². The van der Waals surface area contributed by atoms with Crippen LogP contribution >= 0.6 is 11.3 Å². The maximum atomic E-state index is 11.8. The highest BCUT2D eigenvalue weighted by atomic mass is 32.1. The van der Waals surface area contributed by atoms with Gasteiger partial charge >= 0.3 is 6.03 Å². The van der Waals surface area contributed by atoms with Crippen molar-refractivity contribution in [2.75, 3.05) is 11.9 Å². The lowest BCUT2D eigenvalue weighted by Crippen LogP contribution is -2.28. The molecule has 0 aliphatic rings. The van der Waals surface area contributed by atoms with E-state index in [1.165, 1.54) is 11.3 Å². The van der Waals surface area contributed by atoms with Gasteiger partial charge in [-0.2, -0.15) is 0 Å². The Bertz CT molecular complexity index is 1080. The number of carbonyl (C=O) groups excluding carboxylic acids is 1. The van der Waals surface area contributed by atoms with E-state index in [1.807, 2.05) is 42.6 Å². The van der Waals surface area contributed by atoms with Gasteiger partial charge in [0.15, 0.2) is 0 Å². The van der Waals surface area contributed by atoms with Gasteiger partial charge in [0.1, 0.15) is 10.8 Å². The Hall–Kier alpha value is -3.59. The predicted octanol–water partition coefficient (Wildman–Crippen LogP) is 4.06. The van der Waals surface area contributed by atoms with E-state index in [0.717, 1.165) is 16.1 Å². The van der Waals surface area contributed by atoms with E-state index in [-0.39, 0.29) is 6.03 Å². The summed E-state index contributed by atoms with van der Waals surface area (Å²) in [4.78, 5) is 20.5. The first kappa shape index (κ1) is 17.8. The number of nitrogens with one attached hydrogen (secondary N) is 2. The molecular formula is C19H16N6O2S. The third-order valence-corrected chi connectivity index (χ3v) is 4.63. The lowest BCUT2D eigenvalue weighted by molar-refractivity contribution is 0.252. The second-order valence-electron chi connectivity index (χ2n) is 5.72.